The number of nitrogens with zero attached hydrogens (tertiary/aromatic N) is 2. The highest BCUT2D eigenvalue weighted by molar-refractivity contribution is 9.10. The standard InChI is InChI=1S/C35H44Br2N2O4.2BrH/c1-38(21-23-7-3-5-9-31(23)36)27-11-12-28(38)18-25(17-27)35(34(42)43,16-15-33(40)41)26-19-29-13-14-30(20-26)39(29,2)22-24-8-4-6-10-32(24)37;;/h3-10,25-30H,11-22H2,1-2H3;2*1H. The molecule has 10 heteroatoms. The second-order valence-corrected chi connectivity index (χ2v) is 16.2. The third-order valence-electron chi connectivity index (χ3n) is 12.8. The number of fused-ring (bicyclic) bond motifs is 4. The number of carboxylic acids is 2. The molecule has 4 aliphatic rings. The number of aliphatic carboxylic acids is 2. The molecule has 0 aliphatic carbocycles. The number of halogens is 4. The Bertz CT molecular complexity index is 1280. The zero-order valence-electron chi connectivity index (χ0n) is 26.2. The maximum Gasteiger partial charge on any atom is 0.310 e. The minimum atomic E-state index is -0.989. The van der Waals surface area contributed by atoms with Crippen LogP contribution in [0.3, 0.4) is 0 Å². The van der Waals surface area contributed by atoms with Crippen LogP contribution in [-0.4, -0.2) is 69.4 Å². The largest absolute Gasteiger partial charge is 1.00 e. The topological polar surface area (TPSA) is 74.6 Å². The van der Waals surface area contributed by atoms with Crippen LogP contribution in [0.4, 0.5) is 0 Å². The van der Waals surface area contributed by atoms with Gasteiger partial charge in [-0.1, -0.05) is 68.3 Å². The molecule has 0 aromatic heterocycles. The molecule has 6 nitrogen and oxygen atoms in total. The fraction of sp³-hybridized carbons (Fsp3) is 0.600. The van der Waals surface area contributed by atoms with Gasteiger partial charge in [-0.2, -0.15) is 0 Å². The van der Waals surface area contributed by atoms with Crippen molar-refractivity contribution in [1.82, 2.24) is 0 Å². The molecule has 45 heavy (non-hydrogen) atoms. The first-order valence-electron chi connectivity index (χ1n) is 16.1. The van der Waals surface area contributed by atoms with Gasteiger partial charge >= 0.3 is 11.9 Å². The molecule has 4 fully saturated rings. The fourth-order valence-electron chi connectivity index (χ4n) is 10.3. The monoisotopic (exact) mass is 874 g/mol. The quantitative estimate of drug-likeness (QED) is 0.357. The van der Waals surface area contributed by atoms with Crippen molar-refractivity contribution < 1.29 is 62.7 Å². The predicted molar refractivity (Wildman–Crippen MR) is 174 cm³/mol. The van der Waals surface area contributed by atoms with Crippen LogP contribution in [0.2, 0.25) is 0 Å². The van der Waals surface area contributed by atoms with Crippen LogP contribution in [0.25, 0.3) is 0 Å². The Kier molecular flexibility index (Phi) is 11.8. The summed E-state index contributed by atoms with van der Waals surface area (Å²) in [5.41, 5.74) is 1.63. The summed E-state index contributed by atoms with van der Waals surface area (Å²) in [5, 5.41) is 21.0. The SMILES string of the molecule is C[N+]1(Cc2ccccc2Br)C2CCC1CC(C(CCC(=O)O)(C(=O)O)C1CC3CCC(C1)[N+]3(C)Cc1ccccc1Br)C2.[Br-].[Br-]. The summed E-state index contributed by atoms with van der Waals surface area (Å²) in [6.45, 7) is 1.88. The van der Waals surface area contributed by atoms with Gasteiger partial charge in [-0.3, -0.25) is 9.59 Å². The lowest BCUT2D eigenvalue weighted by Crippen LogP contribution is -3.00. The summed E-state index contributed by atoms with van der Waals surface area (Å²) >= 11 is 7.52. The van der Waals surface area contributed by atoms with Crippen molar-refractivity contribution in [3.8, 4) is 0 Å². The third kappa shape index (κ3) is 6.63. The van der Waals surface area contributed by atoms with Crippen molar-refractivity contribution >= 4 is 43.8 Å². The second-order valence-electron chi connectivity index (χ2n) is 14.5. The average Bonchev–Trinajstić information content (AvgIpc) is 3.20. The van der Waals surface area contributed by atoms with Gasteiger partial charge in [0.1, 0.15) is 13.1 Å². The van der Waals surface area contributed by atoms with Crippen molar-refractivity contribution in [2.45, 2.75) is 101 Å². The van der Waals surface area contributed by atoms with Crippen LogP contribution in [-0.2, 0) is 22.7 Å². The summed E-state index contributed by atoms with van der Waals surface area (Å²) in [4.78, 5) is 25.7. The zero-order chi connectivity index (χ0) is 30.6. The molecule has 4 atom stereocenters. The van der Waals surface area contributed by atoms with Gasteiger partial charge in [0.15, 0.2) is 0 Å². The first-order valence-corrected chi connectivity index (χ1v) is 17.7. The van der Waals surface area contributed by atoms with Crippen LogP contribution < -0.4 is 34.0 Å². The molecule has 0 amide bonds. The van der Waals surface area contributed by atoms with E-state index in [4.69, 9.17) is 0 Å². The number of quaternary nitrogens is 2. The highest BCUT2D eigenvalue weighted by Gasteiger charge is 2.64. The Morgan fingerprint density at radius 1 is 0.711 bits per heavy atom. The summed E-state index contributed by atoms with van der Waals surface area (Å²) in [6, 6.07) is 18.5. The normalized spacial score (nSPS) is 34.7. The molecule has 2 aromatic carbocycles. The summed E-state index contributed by atoms with van der Waals surface area (Å²) in [5.74, 6) is -1.60. The third-order valence-corrected chi connectivity index (χ3v) is 14.3. The number of hydrogen-bond acceptors (Lipinski definition) is 2. The van der Waals surface area contributed by atoms with Gasteiger partial charge < -0.3 is 53.1 Å². The van der Waals surface area contributed by atoms with E-state index >= 15 is 0 Å². The van der Waals surface area contributed by atoms with Gasteiger partial charge in [-0.05, 0) is 30.4 Å². The number of carbonyl (C=O) groups is 2. The molecule has 6 rings (SSSR count). The number of carboxylic acid groups (broad SMARTS) is 2. The van der Waals surface area contributed by atoms with E-state index in [1.165, 1.54) is 11.1 Å². The molecule has 2 aromatic rings. The van der Waals surface area contributed by atoms with E-state index in [1.807, 2.05) is 0 Å². The molecule has 248 valence electrons. The maximum atomic E-state index is 13.7. The number of benzene rings is 2. The van der Waals surface area contributed by atoms with Gasteiger partial charge in [-0.25, -0.2) is 0 Å². The van der Waals surface area contributed by atoms with Crippen LogP contribution >= 0.6 is 31.9 Å². The number of piperidine rings is 2. The van der Waals surface area contributed by atoms with Gasteiger partial charge in [-0.15, -0.1) is 0 Å². The smallest absolute Gasteiger partial charge is 0.310 e. The molecule has 4 bridgehead atoms. The lowest BCUT2D eigenvalue weighted by molar-refractivity contribution is -0.963. The van der Waals surface area contributed by atoms with Crippen molar-refractivity contribution in [3.05, 3.63) is 68.6 Å². The van der Waals surface area contributed by atoms with Gasteiger partial charge in [0.2, 0.25) is 0 Å². The Morgan fingerprint density at radius 3 is 1.38 bits per heavy atom. The summed E-state index contributed by atoms with van der Waals surface area (Å²) < 4.78 is 4.20. The van der Waals surface area contributed by atoms with E-state index in [2.05, 4.69) is 94.5 Å². The molecule has 0 radical (unpaired) electrons. The van der Waals surface area contributed by atoms with E-state index in [1.54, 1.807) is 0 Å². The summed E-state index contributed by atoms with van der Waals surface area (Å²) in [6.07, 6.45) is 8.14. The molecular formula is C35H46Br4N2O4. The molecular weight excluding hydrogens is 832 g/mol. The van der Waals surface area contributed by atoms with Crippen molar-refractivity contribution in [2.24, 2.45) is 17.3 Å². The van der Waals surface area contributed by atoms with Crippen molar-refractivity contribution in [3.63, 3.8) is 0 Å². The van der Waals surface area contributed by atoms with Gasteiger partial charge in [0, 0.05) is 77.9 Å². The first-order chi connectivity index (χ1) is 20.5. The fourth-order valence-corrected chi connectivity index (χ4v) is 11.2. The molecule has 4 unspecified atom stereocenters. The first kappa shape index (κ1) is 37.0. The van der Waals surface area contributed by atoms with Crippen LogP contribution in [0.1, 0.15) is 75.3 Å². The van der Waals surface area contributed by atoms with E-state index in [0.29, 0.717) is 24.2 Å². The minimum absolute atomic E-state index is 0. The molecule has 2 N–H and O–H groups in total. The zero-order valence-corrected chi connectivity index (χ0v) is 32.5. The summed E-state index contributed by atoms with van der Waals surface area (Å²) in [7, 11) is 4.76. The van der Waals surface area contributed by atoms with Crippen LogP contribution in [0.15, 0.2) is 57.5 Å². The molecule has 4 saturated heterocycles. The van der Waals surface area contributed by atoms with Crippen LogP contribution in [0, 0.1) is 17.3 Å². The average molecular weight is 878 g/mol. The Morgan fingerprint density at radius 2 is 1.07 bits per heavy atom. The Hall–Kier alpha value is -0.780. The van der Waals surface area contributed by atoms with Crippen molar-refractivity contribution in [2.75, 3.05) is 14.1 Å². The van der Waals surface area contributed by atoms with E-state index in [0.717, 1.165) is 82.4 Å². The minimum Gasteiger partial charge on any atom is -1.00 e. The number of hydrogen-bond donors (Lipinski definition) is 2. The van der Waals surface area contributed by atoms with Gasteiger partial charge in [0.05, 0.1) is 43.7 Å². The highest BCUT2D eigenvalue weighted by atomic mass is 79.9. The van der Waals surface area contributed by atoms with E-state index in [9.17, 15) is 19.8 Å². The highest BCUT2D eigenvalue weighted by Crippen LogP contribution is 2.59. The Labute approximate surface area is 305 Å². The maximum absolute atomic E-state index is 13.7. The van der Waals surface area contributed by atoms with E-state index < -0.39 is 17.4 Å². The number of rotatable bonds is 10. The molecule has 4 heterocycles. The molecule has 4 aliphatic heterocycles. The predicted octanol–water partition coefficient (Wildman–Crippen LogP) is 1.63. The molecule has 0 saturated carbocycles. The van der Waals surface area contributed by atoms with Crippen molar-refractivity contribution in [1.29, 1.82) is 0 Å². The second kappa shape index (κ2) is 14.4. The lowest BCUT2D eigenvalue weighted by Gasteiger charge is -2.55. The van der Waals surface area contributed by atoms with Crippen LogP contribution in [0.5, 0.6) is 0 Å². The Balaban J connectivity index is 0.00000230. The van der Waals surface area contributed by atoms with E-state index in [-0.39, 0.29) is 58.6 Å². The lowest BCUT2D eigenvalue weighted by atomic mass is 9.56. The van der Waals surface area contributed by atoms with Gasteiger partial charge in [0.25, 0.3) is 0 Å². The molecule has 0 spiro atoms.